The molecule has 5 nitrogen and oxygen atoms in total. The number of carbonyl (C=O) groups excluding carboxylic acids is 1. The Bertz CT molecular complexity index is 846. The molecule has 29 heavy (non-hydrogen) atoms. The van der Waals surface area contributed by atoms with Gasteiger partial charge in [0.2, 0.25) is 0 Å². The van der Waals surface area contributed by atoms with Crippen molar-refractivity contribution in [3.8, 4) is 0 Å². The molecular formula is C22H26F2N4O. The third kappa shape index (κ3) is 5.03. The van der Waals surface area contributed by atoms with E-state index in [2.05, 4.69) is 27.7 Å². The van der Waals surface area contributed by atoms with Crippen LogP contribution in [0.25, 0.3) is 0 Å². The SMILES string of the molecule is O=C(Nc1ccc2c(c1)CN(CC(F)F)C2)NC1CCCN(c2ccccc2)C1. The minimum absolute atomic E-state index is 0.0833. The van der Waals surface area contributed by atoms with Crippen LogP contribution in [-0.4, -0.2) is 43.0 Å². The average Bonchev–Trinajstić information content (AvgIpc) is 3.09. The maximum absolute atomic E-state index is 12.6. The number of para-hydroxylation sites is 1. The van der Waals surface area contributed by atoms with E-state index >= 15 is 0 Å². The Kier molecular flexibility index (Phi) is 5.94. The van der Waals surface area contributed by atoms with Crippen LogP contribution in [0.3, 0.4) is 0 Å². The number of piperidine rings is 1. The smallest absolute Gasteiger partial charge is 0.319 e. The van der Waals surface area contributed by atoms with E-state index in [9.17, 15) is 13.6 Å². The van der Waals surface area contributed by atoms with Gasteiger partial charge in [0.05, 0.1) is 6.54 Å². The standard InChI is InChI=1S/C22H26F2N4O/c23-21(24)15-27-12-16-8-9-18(11-17(16)13-27)25-22(29)26-19-5-4-10-28(14-19)20-6-2-1-3-7-20/h1-3,6-9,11,19,21H,4-5,10,12-15H2,(H2,25,26,29). The van der Waals surface area contributed by atoms with Gasteiger partial charge in [0, 0.05) is 43.6 Å². The average molecular weight is 400 g/mol. The zero-order valence-corrected chi connectivity index (χ0v) is 16.3. The molecule has 0 saturated carbocycles. The van der Waals surface area contributed by atoms with E-state index in [4.69, 9.17) is 0 Å². The topological polar surface area (TPSA) is 47.6 Å². The molecule has 0 spiro atoms. The molecule has 1 unspecified atom stereocenters. The van der Waals surface area contributed by atoms with E-state index in [0.717, 1.165) is 37.1 Å². The number of carbonyl (C=O) groups is 1. The molecule has 2 aromatic carbocycles. The lowest BCUT2D eigenvalue weighted by molar-refractivity contribution is 0.0873. The molecule has 1 atom stereocenters. The lowest BCUT2D eigenvalue weighted by Crippen LogP contribution is -2.49. The van der Waals surface area contributed by atoms with Gasteiger partial charge in [-0.1, -0.05) is 24.3 Å². The van der Waals surface area contributed by atoms with Gasteiger partial charge in [-0.25, -0.2) is 13.6 Å². The summed E-state index contributed by atoms with van der Waals surface area (Å²) in [5.74, 6) is 0. The lowest BCUT2D eigenvalue weighted by atomic mass is 10.1. The van der Waals surface area contributed by atoms with Crippen molar-refractivity contribution in [1.82, 2.24) is 10.2 Å². The van der Waals surface area contributed by atoms with Gasteiger partial charge in [-0.15, -0.1) is 0 Å². The number of fused-ring (bicyclic) bond motifs is 1. The van der Waals surface area contributed by atoms with Crippen LogP contribution in [-0.2, 0) is 13.1 Å². The second-order valence-corrected chi connectivity index (χ2v) is 7.76. The van der Waals surface area contributed by atoms with E-state index in [1.54, 1.807) is 4.90 Å². The quantitative estimate of drug-likeness (QED) is 0.796. The Morgan fingerprint density at radius 1 is 1.10 bits per heavy atom. The molecule has 1 fully saturated rings. The Morgan fingerprint density at radius 2 is 1.90 bits per heavy atom. The molecule has 0 radical (unpaired) electrons. The maximum Gasteiger partial charge on any atom is 0.319 e. The third-order valence-electron chi connectivity index (χ3n) is 5.53. The summed E-state index contributed by atoms with van der Waals surface area (Å²) in [6.07, 6.45) is -0.360. The summed E-state index contributed by atoms with van der Waals surface area (Å²) in [7, 11) is 0. The van der Waals surface area contributed by atoms with Gasteiger partial charge in [0.15, 0.2) is 0 Å². The lowest BCUT2D eigenvalue weighted by Gasteiger charge is -2.34. The number of alkyl halides is 2. The second kappa shape index (κ2) is 8.78. The van der Waals surface area contributed by atoms with Crippen molar-refractivity contribution in [2.24, 2.45) is 0 Å². The molecule has 154 valence electrons. The number of amides is 2. The van der Waals surface area contributed by atoms with Crippen LogP contribution in [0, 0.1) is 0 Å². The second-order valence-electron chi connectivity index (χ2n) is 7.76. The van der Waals surface area contributed by atoms with E-state index < -0.39 is 6.43 Å². The van der Waals surface area contributed by atoms with E-state index in [1.165, 1.54) is 5.69 Å². The normalized spacial score (nSPS) is 19.3. The van der Waals surface area contributed by atoms with E-state index in [0.29, 0.717) is 18.8 Å². The predicted molar refractivity (Wildman–Crippen MR) is 110 cm³/mol. The van der Waals surface area contributed by atoms with E-state index in [-0.39, 0.29) is 18.6 Å². The van der Waals surface area contributed by atoms with Crippen molar-refractivity contribution in [3.05, 3.63) is 59.7 Å². The van der Waals surface area contributed by atoms with Gasteiger partial charge in [-0.05, 0) is 48.2 Å². The summed E-state index contributed by atoms with van der Waals surface area (Å²) in [5.41, 5.74) is 3.90. The summed E-state index contributed by atoms with van der Waals surface area (Å²) in [6, 6.07) is 15.7. The molecule has 2 amide bonds. The predicted octanol–water partition coefficient (Wildman–Crippen LogP) is 4.06. The first-order valence-corrected chi connectivity index (χ1v) is 10.1. The number of nitrogens with zero attached hydrogens (tertiary/aromatic N) is 2. The fourth-order valence-corrected chi connectivity index (χ4v) is 4.19. The van der Waals surface area contributed by atoms with Crippen LogP contribution >= 0.6 is 0 Å². The van der Waals surface area contributed by atoms with Crippen LogP contribution in [0.4, 0.5) is 25.0 Å². The number of hydrogen-bond acceptors (Lipinski definition) is 3. The van der Waals surface area contributed by atoms with Crippen molar-refractivity contribution >= 4 is 17.4 Å². The minimum atomic E-state index is -2.33. The van der Waals surface area contributed by atoms with Gasteiger partial charge in [0.1, 0.15) is 0 Å². The summed E-state index contributed by atoms with van der Waals surface area (Å²) in [5, 5.41) is 5.96. The summed E-state index contributed by atoms with van der Waals surface area (Å²) >= 11 is 0. The molecule has 0 aliphatic carbocycles. The molecule has 1 saturated heterocycles. The summed E-state index contributed by atoms with van der Waals surface area (Å²) in [6.45, 7) is 2.57. The Labute approximate surface area is 169 Å². The van der Waals surface area contributed by atoms with Gasteiger partial charge < -0.3 is 15.5 Å². The van der Waals surface area contributed by atoms with Crippen LogP contribution in [0.5, 0.6) is 0 Å². The molecule has 2 heterocycles. The largest absolute Gasteiger partial charge is 0.369 e. The molecular weight excluding hydrogens is 374 g/mol. The Balaban J connectivity index is 1.31. The molecule has 0 bridgehead atoms. The highest BCUT2D eigenvalue weighted by atomic mass is 19.3. The monoisotopic (exact) mass is 400 g/mol. The number of benzene rings is 2. The fourth-order valence-electron chi connectivity index (χ4n) is 4.19. The van der Waals surface area contributed by atoms with Crippen LogP contribution in [0.15, 0.2) is 48.5 Å². The molecule has 2 aliphatic heterocycles. The molecule has 4 rings (SSSR count). The Hall–Kier alpha value is -2.67. The van der Waals surface area contributed by atoms with Gasteiger partial charge in [-0.3, -0.25) is 4.90 Å². The first-order valence-electron chi connectivity index (χ1n) is 10.1. The van der Waals surface area contributed by atoms with Gasteiger partial charge >= 0.3 is 6.03 Å². The third-order valence-corrected chi connectivity index (χ3v) is 5.53. The minimum Gasteiger partial charge on any atom is -0.369 e. The van der Waals surface area contributed by atoms with Crippen molar-refractivity contribution in [2.75, 3.05) is 29.9 Å². The van der Waals surface area contributed by atoms with Gasteiger partial charge in [0.25, 0.3) is 6.43 Å². The van der Waals surface area contributed by atoms with Crippen molar-refractivity contribution in [2.45, 2.75) is 38.4 Å². The Morgan fingerprint density at radius 3 is 2.69 bits per heavy atom. The van der Waals surface area contributed by atoms with Gasteiger partial charge in [-0.2, -0.15) is 0 Å². The molecule has 2 N–H and O–H groups in total. The highest BCUT2D eigenvalue weighted by Crippen LogP contribution is 2.26. The first-order chi connectivity index (χ1) is 14.1. The fraction of sp³-hybridized carbons (Fsp3) is 0.409. The zero-order valence-electron chi connectivity index (χ0n) is 16.3. The number of nitrogens with one attached hydrogen (secondary N) is 2. The van der Waals surface area contributed by atoms with Crippen molar-refractivity contribution < 1.29 is 13.6 Å². The molecule has 2 aromatic rings. The summed E-state index contributed by atoms with van der Waals surface area (Å²) < 4.78 is 25.2. The van der Waals surface area contributed by atoms with Crippen LogP contribution < -0.4 is 15.5 Å². The highest BCUT2D eigenvalue weighted by Gasteiger charge is 2.23. The molecule has 0 aromatic heterocycles. The zero-order chi connectivity index (χ0) is 20.2. The summed E-state index contributed by atoms with van der Waals surface area (Å²) in [4.78, 5) is 16.5. The van der Waals surface area contributed by atoms with Crippen molar-refractivity contribution in [1.29, 1.82) is 0 Å². The van der Waals surface area contributed by atoms with Crippen molar-refractivity contribution in [3.63, 3.8) is 0 Å². The number of hydrogen-bond donors (Lipinski definition) is 2. The number of anilines is 2. The number of halogens is 2. The number of urea groups is 1. The van der Waals surface area contributed by atoms with Crippen LogP contribution in [0.1, 0.15) is 24.0 Å². The molecule has 2 aliphatic rings. The van der Waals surface area contributed by atoms with Crippen LogP contribution in [0.2, 0.25) is 0 Å². The number of rotatable bonds is 5. The first kappa shape index (κ1) is 19.6. The molecule has 7 heteroatoms. The highest BCUT2D eigenvalue weighted by molar-refractivity contribution is 5.89. The maximum atomic E-state index is 12.6. The van der Waals surface area contributed by atoms with E-state index in [1.807, 2.05) is 36.4 Å².